The molecule has 0 saturated carbocycles. The van der Waals surface area contributed by atoms with Gasteiger partial charge in [-0.2, -0.15) is 0 Å². The predicted molar refractivity (Wildman–Crippen MR) is 100 cm³/mol. The molecular weight excluding hydrogens is 354 g/mol. The Bertz CT molecular complexity index is 574. The van der Waals surface area contributed by atoms with Gasteiger partial charge in [0.05, 0.1) is 36.5 Å². The summed E-state index contributed by atoms with van der Waals surface area (Å²) in [6.45, 7) is 6.78. The second kappa shape index (κ2) is 9.71. The zero-order chi connectivity index (χ0) is 19.2. The Labute approximate surface area is 158 Å². The standard InChI is InChI=1S/C19H29NO5S/c1-4-10-19(24-12-13-25-19)11-9-17(15(3)18(21)22)20-26(23)16-7-5-14(2)6-8-16/h5-8,15,17,20H,4,9-13H2,1-3H3,(H,21,22)/t15?,17-,26-/m0/s1. The molecule has 1 unspecified atom stereocenters. The largest absolute Gasteiger partial charge is 0.593 e. The molecule has 1 aliphatic rings. The van der Waals surface area contributed by atoms with Crippen molar-refractivity contribution in [2.75, 3.05) is 13.2 Å². The lowest BCUT2D eigenvalue weighted by Gasteiger charge is -2.30. The van der Waals surface area contributed by atoms with Crippen molar-refractivity contribution in [3.05, 3.63) is 29.8 Å². The molecule has 0 amide bonds. The molecule has 0 aliphatic carbocycles. The van der Waals surface area contributed by atoms with Crippen molar-refractivity contribution in [3.63, 3.8) is 0 Å². The summed E-state index contributed by atoms with van der Waals surface area (Å²) in [6, 6.07) is 6.92. The molecule has 1 saturated heterocycles. The first kappa shape index (κ1) is 21.2. The van der Waals surface area contributed by atoms with Crippen molar-refractivity contribution in [1.82, 2.24) is 4.72 Å². The number of ether oxygens (including phenoxy) is 2. The predicted octanol–water partition coefficient (Wildman–Crippen LogP) is 3.02. The van der Waals surface area contributed by atoms with Gasteiger partial charge in [0.2, 0.25) is 0 Å². The van der Waals surface area contributed by atoms with E-state index in [4.69, 9.17) is 9.47 Å². The Morgan fingerprint density at radius 3 is 2.46 bits per heavy atom. The van der Waals surface area contributed by atoms with Crippen LogP contribution in [0.4, 0.5) is 0 Å². The summed E-state index contributed by atoms with van der Waals surface area (Å²) in [5, 5.41) is 9.43. The molecule has 6 nitrogen and oxygen atoms in total. The van der Waals surface area contributed by atoms with E-state index in [1.54, 1.807) is 19.1 Å². The molecule has 1 aromatic rings. The smallest absolute Gasteiger partial charge is 0.307 e. The minimum atomic E-state index is -1.47. The fourth-order valence-electron chi connectivity index (χ4n) is 3.12. The molecule has 1 heterocycles. The number of nitrogens with one attached hydrogen (secondary N) is 1. The maximum absolute atomic E-state index is 12.6. The quantitative estimate of drug-likeness (QED) is 0.604. The number of hydrogen-bond acceptors (Lipinski definition) is 5. The molecule has 1 aromatic carbocycles. The third kappa shape index (κ3) is 5.69. The maximum Gasteiger partial charge on any atom is 0.307 e. The number of carboxylic acid groups (broad SMARTS) is 1. The number of benzene rings is 1. The van der Waals surface area contributed by atoms with E-state index in [2.05, 4.69) is 11.6 Å². The van der Waals surface area contributed by atoms with Crippen LogP contribution >= 0.6 is 0 Å². The number of carbonyl (C=O) groups is 1. The van der Waals surface area contributed by atoms with E-state index < -0.39 is 35.1 Å². The Morgan fingerprint density at radius 1 is 1.31 bits per heavy atom. The number of hydrogen-bond donors (Lipinski definition) is 2. The molecule has 2 rings (SSSR count). The van der Waals surface area contributed by atoms with Gasteiger partial charge in [0.25, 0.3) is 0 Å². The van der Waals surface area contributed by atoms with Gasteiger partial charge < -0.3 is 19.1 Å². The molecule has 2 N–H and O–H groups in total. The second-order valence-electron chi connectivity index (χ2n) is 6.83. The van der Waals surface area contributed by atoms with Crippen molar-refractivity contribution >= 4 is 17.3 Å². The first-order valence-corrected chi connectivity index (χ1v) is 10.3. The lowest BCUT2D eigenvalue weighted by molar-refractivity contribution is -0.169. The molecule has 1 fully saturated rings. The topological polar surface area (TPSA) is 90.9 Å². The molecule has 1 aliphatic heterocycles. The Balaban J connectivity index is 2.05. The van der Waals surface area contributed by atoms with Crippen LogP contribution in [0.1, 0.15) is 45.1 Å². The number of carboxylic acids is 1. The summed E-state index contributed by atoms with van der Waals surface area (Å²) >= 11 is -1.47. The van der Waals surface area contributed by atoms with Crippen LogP contribution in [0.25, 0.3) is 0 Å². The van der Waals surface area contributed by atoms with E-state index >= 15 is 0 Å². The highest BCUT2D eigenvalue weighted by molar-refractivity contribution is 7.89. The molecule has 0 bridgehead atoms. The van der Waals surface area contributed by atoms with E-state index in [1.807, 2.05) is 19.1 Å². The van der Waals surface area contributed by atoms with Crippen LogP contribution in [-0.2, 0) is 25.6 Å². The first-order chi connectivity index (χ1) is 12.4. The summed E-state index contributed by atoms with van der Waals surface area (Å²) < 4.78 is 27.2. The maximum atomic E-state index is 12.6. The monoisotopic (exact) mass is 383 g/mol. The van der Waals surface area contributed by atoms with Gasteiger partial charge in [0.15, 0.2) is 10.7 Å². The number of rotatable bonds is 10. The van der Waals surface area contributed by atoms with Gasteiger partial charge in [0, 0.05) is 12.8 Å². The van der Waals surface area contributed by atoms with Crippen molar-refractivity contribution in [2.24, 2.45) is 5.92 Å². The van der Waals surface area contributed by atoms with Gasteiger partial charge in [0.1, 0.15) is 0 Å². The summed E-state index contributed by atoms with van der Waals surface area (Å²) in [4.78, 5) is 12.1. The van der Waals surface area contributed by atoms with Crippen LogP contribution in [0.2, 0.25) is 0 Å². The zero-order valence-corrected chi connectivity index (χ0v) is 16.5. The lowest BCUT2D eigenvalue weighted by Crippen LogP contribution is -2.44. The summed E-state index contributed by atoms with van der Waals surface area (Å²) in [5.74, 6) is -2.23. The summed E-state index contributed by atoms with van der Waals surface area (Å²) in [5.41, 5.74) is 1.08. The normalized spacial score (nSPS) is 19.8. The van der Waals surface area contributed by atoms with Crippen LogP contribution < -0.4 is 4.72 Å². The van der Waals surface area contributed by atoms with Gasteiger partial charge in [-0.3, -0.25) is 4.79 Å². The Kier molecular flexibility index (Phi) is 7.91. The minimum absolute atomic E-state index is 0.448. The van der Waals surface area contributed by atoms with Crippen LogP contribution in [0, 0.1) is 12.8 Å². The zero-order valence-electron chi connectivity index (χ0n) is 15.7. The van der Waals surface area contributed by atoms with Gasteiger partial charge in [-0.05, 0) is 25.5 Å². The third-order valence-electron chi connectivity index (χ3n) is 4.77. The highest BCUT2D eigenvalue weighted by Gasteiger charge is 2.38. The fraction of sp³-hybridized carbons (Fsp3) is 0.632. The van der Waals surface area contributed by atoms with Gasteiger partial charge >= 0.3 is 5.97 Å². The van der Waals surface area contributed by atoms with Gasteiger partial charge in [-0.25, -0.2) is 0 Å². The average molecular weight is 384 g/mol. The minimum Gasteiger partial charge on any atom is -0.593 e. The first-order valence-electron chi connectivity index (χ1n) is 9.12. The van der Waals surface area contributed by atoms with Crippen molar-refractivity contribution in [3.8, 4) is 0 Å². The van der Waals surface area contributed by atoms with Crippen molar-refractivity contribution < 1.29 is 23.9 Å². The number of aryl methyl sites for hydroxylation is 1. The van der Waals surface area contributed by atoms with E-state index in [9.17, 15) is 14.5 Å². The molecule has 146 valence electrons. The number of aliphatic carboxylic acids is 1. The Morgan fingerprint density at radius 2 is 1.92 bits per heavy atom. The average Bonchev–Trinajstić information content (AvgIpc) is 3.07. The lowest BCUT2D eigenvalue weighted by atomic mass is 9.94. The van der Waals surface area contributed by atoms with Crippen LogP contribution in [0.3, 0.4) is 0 Å². The summed E-state index contributed by atoms with van der Waals surface area (Å²) in [6.07, 6.45) is 2.76. The molecule has 0 spiro atoms. The van der Waals surface area contributed by atoms with E-state index in [1.165, 1.54) is 0 Å². The second-order valence-corrected chi connectivity index (χ2v) is 8.07. The molecular formula is C19H29NO5S. The fourth-order valence-corrected chi connectivity index (χ4v) is 4.23. The molecule has 0 aromatic heterocycles. The highest BCUT2D eigenvalue weighted by atomic mass is 32.2. The Hall–Kier alpha value is -1.12. The van der Waals surface area contributed by atoms with Crippen LogP contribution in [0.5, 0.6) is 0 Å². The van der Waals surface area contributed by atoms with Crippen molar-refractivity contribution in [2.45, 2.75) is 63.2 Å². The van der Waals surface area contributed by atoms with E-state index in [0.29, 0.717) is 31.0 Å². The van der Waals surface area contributed by atoms with Gasteiger partial charge in [-0.15, -0.1) is 4.72 Å². The van der Waals surface area contributed by atoms with E-state index in [0.717, 1.165) is 18.4 Å². The third-order valence-corrected chi connectivity index (χ3v) is 5.98. The molecule has 3 atom stereocenters. The van der Waals surface area contributed by atoms with Crippen molar-refractivity contribution in [1.29, 1.82) is 0 Å². The molecule has 7 heteroatoms. The highest BCUT2D eigenvalue weighted by Crippen LogP contribution is 2.31. The molecule has 26 heavy (non-hydrogen) atoms. The van der Waals surface area contributed by atoms with Crippen LogP contribution in [-0.4, -0.2) is 40.7 Å². The summed E-state index contributed by atoms with van der Waals surface area (Å²) in [7, 11) is 0. The van der Waals surface area contributed by atoms with Gasteiger partial charge in [-0.1, -0.05) is 38.0 Å². The SMILES string of the molecule is CCCC1(CC[C@H](N[S@@+]([O-])c2ccc(C)cc2)C(C)C(=O)O)OCCO1. The van der Waals surface area contributed by atoms with Crippen LogP contribution in [0.15, 0.2) is 29.2 Å². The molecule has 0 radical (unpaired) electrons. The van der Waals surface area contributed by atoms with E-state index in [-0.39, 0.29) is 0 Å².